The number of nitrogens with zero attached hydrogens (tertiary/aromatic N) is 3. The van der Waals surface area contributed by atoms with E-state index in [9.17, 15) is 9.59 Å². The summed E-state index contributed by atoms with van der Waals surface area (Å²) in [5, 5.41) is 7.70. The van der Waals surface area contributed by atoms with Gasteiger partial charge in [-0.25, -0.2) is 4.68 Å². The second kappa shape index (κ2) is 11.9. The van der Waals surface area contributed by atoms with Gasteiger partial charge in [0.05, 0.1) is 25.6 Å². The third-order valence-corrected chi connectivity index (χ3v) is 5.82. The van der Waals surface area contributed by atoms with E-state index in [-0.39, 0.29) is 18.4 Å². The standard InChI is InChI=1S/C29H30N4O4/c1-4-18-32(29(35)22-10-14-24(36-2)15-11-22)20-28(34)30-27-19-26(21-8-6-5-7-9-21)31-33(27)23-12-16-25(37-3)17-13-23/h5-17,19H,4,18,20H2,1-3H3,(H,30,34). The van der Waals surface area contributed by atoms with Gasteiger partial charge in [0, 0.05) is 23.7 Å². The topological polar surface area (TPSA) is 85.7 Å². The van der Waals surface area contributed by atoms with E-state index >= 15 is 0 Å². The highest BCUT2D eigenvalue weighted by atomic mass is 16.5. The Kier molecular flexibility index (Phi) is 8.20. The molecule has 2 amide bonds. The summed E-state index contributed by atoms with van der Waals surface area (Å²) in [7, 11) is 3.18. The van der Waals surface area contributed by atoms with Crippen LogP contribution in [0.3, 0.4) is 0 Å². The zero-order chi connectivity index (χ0) is 26.2. The molecule has 1 aromatic heterocycles. The molecular formula is C29H30N4O4. The van der Waals surface area contributed by atoms with E-state index in [1.54, 1.807) is 48.1 Å². The lowest BCUT2D eigenvalue weighted by molar-refractivity contribution is -0.116. The molecular weight excluding hydrogens is 468 g/mol. The van der Waals surface area contributed by atoms with Gasteiger partial charge < -0.3 is 19.7 Å². The SMILES string of the molecule is CCCN(CC(=O)Nc1cc(-c2ccccc2)nn1-c1ccc(OC)cc1)C(=O)c1ccc(OC)cc1. The van der Waals surface area contributed by atoms with Crippen molar-refractivity contribution in [1.29, 1.82) is 0 Å². The average Bonchev–Trinajstić information content (AvgIpc) is 3.36. The van der Waals surface area contributed by atoms with Gasteiger partial charge in [0.15, 0.2) is 0 Å². The summed E-state index contributed by atoms with van der Waals surface area (Å²) >= 11 is 0. The van der Waals surface area contributed by atoms with Gasteiger partial charge >= 0.3 is 0 Å². The Morgan fingerprint density at radius 2 is 1.51 bits per heavy atom. The van der Waals surface area contributed by atoms with Gasteiger partial charge in [0.1, 0.15) is 23.9 Å². The van der Waals surface area contributed by atoms with Gasteiger partial charge in [-0.2, -0.15) is 5.10 Å². The number of aromatic nitrogens is 2. The maximum atomic E-state index is 13.2. The molecule has 37 heavy (non-hydrogen) atoms. The smallest absolute Gasteiger partial charge is 0.254 e. The molecule has 4 aromatic rings. The highest BCUT2D eigenvalue weighted by molar-refractivity contribution is 5.99. The fraction of sp³-hybridized carbons (Fsp3) is 0.207. The molecule has 0 radical (unpaired) electrons. The van der Waals surface area contributed by atoms with Crippen LogP contribution in [0.5, 0.6) is 11.5 Å². The quantitative estimate of drug-likeness (QED) is 0.331. The molecule has 1 N–H and O–H groups in total. The Hall–Kier alpha value is -4.59. The van der Waals surface area contributed by atoms with E-state index in [2.05, 4.69) is 5.32 Å². The van der Waals surface area contributed by atoms with E-state index in [4.69, 9.17) is 14.6 Å². The number of amides is 2. The molecule has 0 atom stereocenters. The van der Waals surface area contributed by atoms with Crippen LogP contribution in [-0.2, 0) is 4.79 Å². The minimum atomic E-state index is -0.315. The molecule has 0 bridgehead atoms. The number of methoxy groups -OCH3 is 2. The Morgan fingerprint density at radius 1 is 0.892 bits per heavy atom. The predicted octanol–water partition coefficient (Wildman–Crippen LogP) is 5.05. The van der Waals surface area contributed by atoms with Crippen LogP contribution in [0.15, 0.2) is 84.9 Å². The van der Waals surface area contributed by atoms with E-state index in [1.165, 1.54) is 0 Å². The summed E-state index contributed by atoms with van der Waals surface area (Å²) in [4.78, 5) is 27.9. The van der Waals surface area contributed by atoms with Crippen molar-refractivity contribution >= 4 is 17.6 Å². The van der Waals surface area contributed by atoms with Crippen LogP contribution in [0.2, 0.25) is 0 Å². The number of hydrogen-bond acceptors (Lipinski definition) is 5. The van der Waals surface area contributed by atoms with Gasteiger partial charge in [-0.15, -0.1) is 0 Å². The number of anilines is 1. The van der Waals surface area contributed by atoms with Crippen molar-refractivity contribution in [1.82, 2.24) is 14.7 Å². The summed E-state index contributed by atoms with van der Waals surface area (Å²) in [6, 6.07) is 25.8. The van der Waals surface area contributed by atoms with Crippen molar-refractivity contribution in [2.45, 2.75) is 13.3 Å². The molecule has 4 rings (SSSR count). The summed E-state index contributed by atoms with van der Waals surface area (Å²) in [6.07, 6.45) is 0.719. The molecule has 0 unspecified atom stereocenters. The highest BCUT2D eigenvalue weighted by Crippen LogP contribution is 2.26. The predicted molar refractivity (Wildman–Crippen MR) is 143 cm³/mol. The van der Waals surface area contributed by atoms with Crippen molar-refractivity contribution in [2.24, 2.45) is 0 Å². The number of benzene rings is 3. The van der Waals surface area contributed by atoms with E-state index in [0.29, 0.717) is 29.4 Å². The number of nitrogens with one attached hydrogen (secondary N) is 1. The Balaban J connectivity index is 1.58. The molecule has 0 saturated carbocycles. The minimum absolute atomic E-state index is 0.0901. The van der Waals surface area contributed by atoms with Crippen molar-refractivity contribution in [3.8, 4) is 28.4 Å². The van der Waals surface area contributed by atoms with Gasteiger partial charge in [-0.05, 0) is 55.0 Å². The van der Waals surface area contributed by atoms with Crippen LogP contribution >= 0.6 is 0 Å². The summed E-state index contributed by atoms with van der Waals surface area (Å²) in [6.45, 7) is 2.33. The lowest BCUT2D eigenvalue weighted by atomic mass is 10.1. The van der Waals surface area contributed by atoms with Crippen molar-refractivity contribution in [3.63, 3.8) is 0 Å². The third-order valence-electron chi connectivity index (χ3n) is 5.82. The molecule has 190 valence electrons. The van der Waals surface area contributed by atoms with E-state index in [0.717, 1.165) is 23.4 Å². The van der Waals surface area contributed by atoms with Crippen LogP contribution in [0.4, 0.5) is 5.82 Å². The Morgan fingerprint density at radius 3 is 2.11 bits per heavy atom. The minimum Gasteiger partial charge on any atom is -0.497 e. The number of carbonyl (C=O) groups excluding carboxylic acids is 2. The summed E-state index contributed by atoms with van der Waals surface area (Å²) in [5.41, 5.74) is 2.90. The average molecular weight is 499 g/mol. The van der Waals surface area contributed by atoms with Crippen LogP contribution in [0.1, 0.15) is 23.7 Å². The normalized spacial score (nSPS) is 10.6. The maximum absolute atomic E-state index is 13.2. The van der Waals surface area contributed by atoms with Crippen LogP contribution in [0, 0.1) is 0 Å². The van der Waals surface area contributed by atoms with E-state index < -0.39 is 0 Å². The third kappa shape index (κ3) is 6.16. The van der Waals surface area contributed by atoms with Crippen molar-refractivity contribution in [3.05, 3.63) is 90.5 Å². The van der Waals surface area contributed by atoms with Crippen LogP contribution in [-0.4, -0.2) is 53.8 Å². The molecule has 0 aliphatic rings. The first-order chi connectivity index (χ1) is 18.0. The van der Waals surface area contributed by atoms with Crippen molar-refractivity contribution in [2.75, 3.05) is 32.6 Å². The summed E-state index contributed by atoms with van der Waals surface area (Å²) in [5.74, 6) is 1.36. The monoisotopic (exact) mass is 498 g/mol. The first-order valence-corrected chi connectivity index (χ1v) is 12.1. The van der Waals surface area contributed by atoms with Gasteiger partial charge in [0.25, 0.3) is 5.91 Å². The Bertz CT molecular complexity index is 1330. The highest BCUT2D eigenvalue weighted by Gasteiger charge is 2.20. The van der Waals surface area contributed by atoms with Crippen LogP contribution in [0.25, 0.3) is 16.9 Å². The molecule has 8 heteroatoms. The second-order valence-corrected chi connectivity index (χ2v) is 8.39. The molecule has 0 spiro atoms. The lowest BCUT2D eigenvalue weighted by Crippen LogP contribution is -2.38. The zero-order valence-electron chi connectivity index (χ0n) is 21.2. The molecule has 3 aromatic carbocycles. The largest absolute Gasteiger partial charge is 0.497 e. The first-order valence-electron chi connectivity index (χ1n) is 12.1. The van der Waals surface area contributed by atoms with Gasteiger partial charge in [-0.3, -0.25) is 9.59 Å². The molecule has 8 nitrogen and oxygen atoms in total. The van der Waals surface area contributed by atoms with Gasteiger partial charge in [-0.1, -0.05) is 37.3 Å². The number of rotatable bonds is 10. The first kappa shape index (κ1) is 25.5. The summed E-state index contributed by atoms with van der Waals surface area (Å²) < 4.78 is 12.1. The van der Waals surface area contributed by atoms with Crippen LogP contribution < -0.4 is 14.8 Å². The maximum Gasteiger partial charge on any atom is 0.254 e. The molecule has 1 heterocycles. The lowest BCUT2D eigenvalue weighted by Gasteiger charge is -2.22. The molecule has 0 saturated heterocycles. The molecule has 0 fully saturated rings. The van der Waals surface area contributed by atoms with Gasteiger partial charge in [0.2, 0.25) is 5.91 Å². The fourth-order valence-corrected chi connectivity index (χ4v) is 3.93. The Labute approximate surface area is 216 Å². The number of hydrogen-bond donors (Lipinski definition) is 1. The van der Waals surface area contributed by atoms with Crippen molar-refractivity contribution < 1.29 is 19.1 Å². The second-order valence-electron chi connectivity index (χ2n) is 8.39. The molecule has 0 aliphatic heterocycles. The molecule has 0 aliphatic carbocycles. The fourth-order valence-electron chi connectivity index (χ4n) is 3.93. The number of carbonyl (C=O) groups is 2. The number of ether oxygens (including phenoxy) is 2. The zero-order valence-corrected chi connectivity index (χ0v) is 21.2. The van der Waals surface area contributed by atoms with E-state index in [1.807, 2.05) is 67.6 Å².